The normalized spacial score (nSPS) is 23.4. The highest BCUT2D eigenvalue weighted by Crippen LogP contribution is 2.41. The van der Waals surface area contributed by atoms with E-state index >= 15 is 0 Å². The van der Waals surface area contributed by atoms with Gasteiger partial charge in [0.2, 0.25) is 11.8 Å². The summed E-state index contributed by atoms with van der Waals surface area (Å²) in [6.45, 7) is 5.81. The summed E-state index contributed by atoms with van der Waals surface area (Å²) in [6, 6.07) is 3.51. The van der Waals surface area contributed by atoms with E-state index in [4.69, 9.17) is 16.3 Å². The zero-order valence-electron chi connectivity index (χ0n) is 24.5. The molecule has 4 amide bonds. The number of aryl methyl sites for hydroxylation is 1. The van der Waals surface area contributed by atoms with Gasteiger partial charge in [-0.15, -0.1) is 0 Å². The molecule has 0 spiro atoms. The highest BCUT2D eigenvalue weighted by Gasteiger charge is 2.53. The van der Waals surface area contributed by atoms with Crippen molar-refractivity contribution >= 4 is 35.2 Å². The Labute approximate surface area is 257 Å². The number of hydrogen-bond donors (Lipinski definition) is 4. The maximum atomic E-state index is 14.2. The first-order valence-corrected chi connectivity index (χ1v) is 14.5. The van der Waals surface area contributed by atoms with Crippen LogP contribution in [0.5, 0.6) is 5.75 Å². The molecule has 2 saturated heterocycles. The smallest absolute Gasteiger partial charge is 0.410 e. The number of likely N-dealkylation sites (tertiary alicyclic amines) is 1. The summed E-state index contributed by atoms with van der Waals surface area (Å²) in [4.78, 5) is 56.1. The van der Waals surface area contributed by atoms with Gasteiger partial charge in [0.1, 0.15) is 23.5 Å². The van der Waals surface area contributed by atoms with Gasteiger partial charge < -0.3 is 20.3 Å². The van der Waals surface area contributed by atoms with Crippen LogP contribution in [-0.4, -0.2) is 70.0 Å². The SMILES string of the molecule is CC(=O)NC([C@H]1CC[C@@H](c2cccc(Cl)c2)N1C(=O)[C@@H](C)NC(=O)c1ccc(OC2CC(C)NNC2=O)c(C)n1)C(F)(F)F. The molecule has 0 aliphatic carbocycles. The highest BCUT2D eigenvalue weighted by molar-refractivity contribution is 6.30. The van der Waals surface area contributed by atoms with Gasteiger partial charge in [-0.25, -0.2) is 10.4 Å². The number of pyridine rings is 1. The molecule has 3 unspecified atom stereocenters. The Morgan fingerprint density at radius 3 is 2.52 bits per heavy atom. The van der Waals surface area contributed by atoms with Crippen molar-refractivity contribution in [3.05, 3.63) is 58.4 Å². The van der Waals surface area contributed by atoms with Crippen molar-refractivity contribution in [2.24, 2.45) is 0 Å². The molecule has 0 bridgehead atoms. The molecular weight excluding hydrogens is 605 g/mol. The summed E-state index contributed by atoms with van der Waals surface area (Å²) < 4.78 is 48.3. The first-order chi connectivity index (χ1) is 20.6. The van der Waals surface area contributed by atoms with Crippen molar-refractivity contribution in [1.82, 2.24) is 31.4 Å². The quantitative estimate of drug-likeness (QED) is 0.348. The summed E-state index contributed by atoms with van der Waals surface area (Å²) in [5, 5.41) is 4.84. The van der Waals surface area contributed by atoms with Gasteiger partial charge in [0.25, 0.3) is 11.8 Å². The third-order valence-corrected chi connectivity index (χ3v) is 7.81. The Kier molecular flexibility index (Phi) is 10.0. The molecule has 0 radical (unpaired) electrons. The molecular formula is C29H34ClF3N6O5. The van der Waals surface area contributed by atoms with Gasteiger partial charge >= 0.3 is 6.18 Å². The van der Waals surface area contributed by atoms with Crippen molar-refractivity contribution in [3.8, 4) is 5.75 Å². The summed E-state index contributed by atoms with van der Waals surface area (Å²) in [5.74, 6) is -2.46. The van der Waals surface area contributed by atoms with Crippen LogP contribution in [0.1, 0.15) is 67.8 Å². The lowest BCUT2D eigenvalue weighted by Crippen LogP contribution is -2.60. The Bertz CT molecular complexity index is 1430. The molecule has 3 heterocycles. The van der Waals surface area contributed by atoms with E-state index in [9.17, 15) is 32.3 Å². The van der Waals surface area contributed by atoms with E-state index in [1.54, 1.807) is 31.2 Å². The van der Waals surface area contributed by atoms with Crippen LogP contribution in [0.15, 0.2) is 36.4 Å². The van der Waals surface area contributed by atoms with E-state index in [2.05, 4.69) is 21.2 Å². The van der Waals surface area contributed by atoms with Crippen molar-refractivity contribution < 1.29 is 37.1 Å². The molecule has 11 nitrogen and oxygen atoms in total. The van der Waals surface area contributed by atoms with Gasteiger partial charge in [0.05, 0.1) is 17.8 Å². The Balaban J connectivity index is 1.54. The molecule has 2 fully saturated rings. The molecule has 2 aliphatic heterocycles. The average Bonchev–Trinajstić information content (AvgIpc) is 3.38. The van der Waals surface area contributed by atoms with E-state index in [1.165, 1.54) is 19.1 Å². The topological polar surface area (TPSA) is 142 Å². The van der Waals surface area contributed by atoms with Crippen LogP contribution in [0.3, 0.4) is 0 Å². The lowest BCUT2D eigenvalue weighted by Gasteiger charge is -2.37. The number of halogens is 4. The van der Waals surface area contributed by atoms with Gasteiger partial charge in [-0.2, -0.15) is 13.2 Å². The molecule has 2 aliphatic rings. The van der Waals surface area contributed by atoms with Gasteiger partial charge in [-0.05, 0) is 63.4 Å². The van der Waals surface area contributed by atoms with Crippen molar-refractivity contribution in [3.63, 3.8) is 0 Å². The number of amides is 4. The van der Waals surface area contributed by atoms with Crippen LogP contribution in [0.2, 0.25) is 5.02 Å². The average molecular weight is 639 g/mol. The molecule has 4 N–H and O–H groups in total. The number of nitrogens with zero attached hydrogens (tertiary/aromatic N) is 2. The first kappa shape index (κ1) is 33.0. The minimum absolute atomic E-state index is 0.0200. The van der Waals surface area contributed by atoms with Crippen LogP contribution in [0.4, 0.5) is 13.2 Å². The third kappa shape index (κ3) is 7.59. The number of rotatable bonds is 8. The number of alkyl halides is 3. The summed E-state index contributed by atoms with van der Waals surface area (Å²) in [6.07, 6.45) is -5.06. The monoisotopic (exact) mass is 638 g/mol. The Morgan fingerprint density at radius 1 is 1.16 bits per heavy atom. The molecule has 15 heteroatoms. The molecule has 6 atom stereocenters. The van der Waals surface area contributed by atoms with Gasteiger partial charge in [-0.1, -0.05) is 23.7 Å². The van der Waals surface area contributed by atoms with E-state index < -0.39 is 54.2 Å². The summed E-state index contributed by atoms with van der Waals surface area (Å²) in [7, 11) is 0. The second-order valence-electron chi connectivity index (χ2n) is 11.0. The Morgan fingerprint density at radius 2 is 1.89 bits per heavy atom. The Hall–Kier alpha value is -3.91. The number of carbonyl (C=O) groups excluding carboxylic acids is 4. The molecule has 2 aromatic rings. The zero-order chi connectivity index (χ0) is 32.3. The number of aromatic nitrogens is 1. The highest BCUT2D eigenvalue weighted by atomic mass is 35.5. The summed E-state index contributed by atoms with van der Waals surface area (Å²) in [5.41, 5.74) is 6.12. The van der Waals surface area contributed by atoms with Gasteiger partial charge in [0, 0.05) is 24.4 Å². The first-order valence-electron chi connectivity index (χ1n) is 14.1. The van der Waals surface area contributed by atoms with Crippen LogP contribution < -0.4 is 26.2 Å². The number of nitrogens with one attached hydrogen (secondary N) is 4. The molecule has 44 heavy (non-hydrogen) atoms. The number of hydrazine groups is 1. The molecule has 0 saturated carbocycles. The number of carbonyl (C=O) groups is 4. The number of ether oxygens (including phenoxy) is 1. The van der Waals surface area contributed by atoms with Crippen molar-refractivity contribution in [2.75, 3.05) is 0 Å². The fourth-order valence-electron chi connectivity index (χ4n) is 5.51. The third-order valence-electron chi connectivity index (χ3n) is 7.57. The van der Waals surface area contributed by atoms with E-state index in [0.717, 1.165) is 11.8 Å². The molecule has 1 aromatic carbocycles. The van der Waals surface area contributed by atoms with Crippen LogP contribution in [-0.2, 0) is 14.4 Å². The minimum Gasteiger partial charge on any atom is -0.479 e. The zero-order valence-corrected chi connectivity index (χ0v) is 25.3. The van der Waals surface area contributed by atoms with Crippen molar-refractivity contribution in [2.45, 2.75) is 89.4 Å². The minimum atomic E-state index is -4.84. The van der Waals surface area contributed by atoms with E-state index in [0.29, 0.717) is 28.5 Å². The second kappa shape index (κ2) is 13.4. The van der Waals surface area contributed by atoms with Gasteiger partial charge in [0.15, 0.2) is 6.10 Å². The predicted octanol–water partition coefficient (Wildman–Crippen LogP) is 3.12. The maximum Gasteiger partial charge on any atom is 0.410 e. The molecule has 1 aromatic heterocycles. The van der Waals surface area contributed by atoms with E-state index in [1.807, 2.05) is 12.2 Å². The van der Waals surface area contributed by atoms with Crippen LogP contribution in [0.25, 0.3) is 0 Å². The van der Waals surface area contributed by atoms with Gasteiger partial charge in [-0.3, -0.25) is 24.6 Å². The number of hydrogen-bond acceptors (Lipinski definition) is 7. The lowest BCUT2D eigenvalue weighted by molar-refractivity contribution is -0.176. The van der Waals surface area contributed by atoms with E-state index in [-0.39, 0.29) is 30.5 Å². The standard InChI is InChI=1S/C29H34ClF3N6O5/c1-14-12-24(27(42)38-37-14)44-23-11-8-20(34-15(23)2)26(41)35-16(3)28(43)39-21(18-6-5-7-19(30)13-18)9-10-22(39)25(29(31,32)33)36-17(4)40/h5-8,11,13-14,16,21-22,24-25,37H,9-10,12H2,1-4H3,(H,35,41)(H,36,40)(H,38,42)/t14?,16-,21+,22-,24?,25?/m1/s1. The predicted molar refractivity (Wildman–Crippen MR) is 153 cm³/mol. The maximum absolute atomic E-state index is 14.2. The molecule has 4 rings (SSSR count). The van der Waals surface area contributed by atoms with Crippen molar-refractivity contribution in [1.29, 1.82) is 0 Å². The van der Waals surface area contributed by atoms with Crippen LogP contribution in [0, 0.1) is 6.92 Å². The largest absolute Gasteiger partial charge is 0.479 e. The number of benzene rings is 1. The fraction of sp³-hybridized carbons (Fsp3) is 0.483. The second-order valence-corrected chi connectivity index (χ2v) is 11.5. The molecule has 238 valence electrons. The summed E-state index contributed by atoms with van der Waals surface area (Å²) >= 11 is 6.15. The fourth-order valence-corrected chi connectivity index (χ4v) is 5.71. The van der Waals surface area contributed by atoms with Crippen LogP contribution >= 0.6 is 11.6 Å². The lowest BCUT2D eigenvalue weighted by atomic mass is 10.0.